The molecule has 2 heterocycles. The molecule has 4 nitrogen and oxygen atoms in total. The molecule has 0 spiro atoms. The van der Waals surface area contributed by atoms with Gasteiger partial charge in [0.25, 0.3) is 0 Å². The molecule has 0 aliphatic carbocycles. The number of anilines is 2. The number of carbonyl (C=O) groups excluding carboxylic acids is 1. The fraction of sp³-hybridized carbons (Fsp3) is 0.263. The van der Waals surface area contributed by atoms with Crippen molar-refractivity contribution in [2.75, 3.05) is 23.3 Å². The number of aromatic nitrogens is 1. The minimum absolute atomic E-state index is 0.0390. The Bertz CT molecular complexity index is 962. The summed E-state index contributed by atoms with van der Waals surface area (Å²) in [6.07, 6.45) is 0. The first kappa shape index (κ1) is 16.0. The monoisotopic (exact) mass is 355 g/mol. The topological polar surface area (TPSA) is 45.2 Å². The van der Waals surface area contributed by atoms with Gasteiger partial charge in [0.1, 0.15) is 5.82 Å². The van der Waals surface area contributed by atoms with Gasteiger partial charge in [0.2, 0.25) is 5.91 Å². The Kier molecular flexibility index (Phi) is 3.92. The third kappa shape index (κ3) is 2.98. The molecule has 1 aliphatic heterocycles. The maximum atomic E-state index is 13.3. The summed E-state index contributed by atoms with van der Waals surface area (Å²) < 4.78 is 14.1. The molecule has 1 amide bonds. The van der Waals surface area contributed by atoms with E-state index in [1.54, 1.807) is 6.07 Å². The number of rotatable bonds is 3. The largest absolute Gasteiger partial charge is 0.346 e. The number of hydrogen-bond acceptors (Lipinski definition) is 4. The van der Waals surface area contributed by atoms with E-state index in [0.29, 0.717) is 13.1 Å². The Balaban J connectivity index is 1.42. The Hall–Kier alpha value is -2.47. The summed E-state index contributed by atoms with van der Waals surface area (Å²) in [5.74, 6) is -0.266. The van der Waals surface area contributed by atoms with E-state index < -0.39 is 0 Å². The van der Waals surface area contributed by atoms with Crippen LogP contribution in [0.5, 0.6) is 0 Å². The summed E-state index contributed by atoms with van der Waals surface area (Å²) in [4.78, 5) is 19.0. The van der Waals surface area contributed by atoms with Crippen LogP contribution in [0.25, 0.3) is 10.2 Å². The average molecular weight is 355 g/mol. The van der Waals surface area contributed by atoms with E-state index in [2.05, 4.69) is 15.2 Å². The Morgan fingerprint density at radius 1 is 1.28 bits per heavy atom. The predicted octanol–water partition coefficient (Wildman–Crippen LogP) is 4.13. The summed E-state index contributed by atoms with van der Waals surface area (Å²) in [6.45, 7) is 5.32. The Morgan fingerprint density at radius 2 is 2.08 bits per heavy atom. The lowest BCUT2D eigenvalue weighted by molar-refractivity contribution is -0.120. The number of nitrogens with zero attached hydrogens (tertiary/aromatic N) is 2. The van der Waals surface area contributed by atoms with Crippen molar-refractivity contribution in [1.29, 1.82) is 0 Å². The zero-order chi connectivity index (χ0) is 17.6. The number of benzene rings is 2. The smallest absolute Gasteiger partial charge is 0.231 e. The van der Waals surface area contributed by atoms with E-state index in [0.717, 1.165) is 32.2 Å². The minimum atomic E-state index is -0.253. The molecular formula is C19H18FN3OS. The van der Waals surface area contributed by atoms with Gasteiger partial charge in [0.15, 0.2) is 5.13 Å². The maximum absolute atomic E-state index is 13.3. The number of hydrogen-bond donors (Lipinski definition) is 1. The van der Waals surface area contributed by atoms with Gasteiger partial charge in [-0.2, -0.15) is 0 Å². The zero-order valence-electron chi connectivity index (χ0n) is 14.0. The van der Waals surface area contributed by atoms with E-state index >= 15 is 0 Å². The summed E-state index contributed by atoms with van der Waals surface area (Å²) in [7, 11) is 0. The molecule has 0 bridgehead atoms. The van der Waals surface area contributed by atoms with Gasteiger partial charge >= 0.3 is 0 Å². The van der Waals surface area contributed by atoms with E-state index in [1.165, 1.54) is 23.5 Å². The second-order valence-electron chi connectivity index (χ2n) is 6.45. The molecule has 1 N–H and O–H groups in total. The highest BCUT2D eigenvalue weighted by Gasteiger charge is 2.34. The molecule has 3 aromatic rings. The quantitative estimate of drug-likeness (QED) is 0.768. The first-order valence-corrected chi connectivity index (χ1v) is 9.01. The average Bonchev–Trinajstić information content (AvgIpc) is 2.92. The van der Waals surface area contributed by atoms with Crippen molar-refractivity contribution in [1.82, 2.24) is 4.98 Å². The van der Waals surface area contributed by atoms with Gasteiger partial charge in [-0.3, -0.25) is 4.79 Å². The molecule has 0 radical (unpaired) electrons. The third-order valence-electron chi connectivity index (χ3n) is 4.72. The van der Waals surface area contributed by atoms with E-state index in [1.807, 2.05) is 32.0 Å². The summed E-state index contributed by atoms with van der Waals surface area (Å²) in [5.41, 5.74) is 3.93. The number of aryl methyl sites for hydroxylation is 1. The van der Waals surface area contributed by atoms with Crippen LogP contribution < -0.4 is 10.2 Å². The van der Waals surface area contributed by atoms with Gasteiger partial charge in [-0.05, 0) is 49.2 Å². The summed E-state index contributed by atoms with van der Waals surface area (Å²) in [5, 5.41) is 3.87. The van der Waals surface area contributed by atoms with Crippen molar-refractivity contribution in [3.8, 4) is 0 Å². The summed E-state index contributed by atoms with van der Waals surface area (Å²) in [6, 6.07) is 10.5. The highest BCUT2D eigenvalue weighted by atomic mass is 32.1. The van der Waals surface area contributed by atoms with E-state index in [4.69, 9.17) is 0 Å². The normalized spacial score (nSPS) is 14.6. The molecule has 1 fully saturated rings. The first-order chi connectivity index (χ1) is 12.0. The standard InChI is InChI=1S/C19H18FN3OS/c1-11-4-3-5-15(12(11)2)21-18(24)13-9-23(10-13)19-22-16-7-6-14(20)8-17(16)25-19/h3-8,13H,9-10H2,1-2H3,(H,21,24). The first-order valence-electron chi connectivity index (χ1n) is 8.19. The fourth-order valence-electron chi connectivity index (χ4n) is 2.94. The zero-order valence-corrected chi connectivity index (χ0v) is 14.9. The molecular weight excluding hydrogens is 337 g/mol. The van der Waals surface area contributed by atoms with Crippen molar-refractivity contribution in [2.24, 2.45) is 5.92 Å². The number of thiazole rings is 1. The van der Waals surface area contributed by atoms with Gasteiger partial charge in [-0.1, -0.05) is 23.5 Å². The Morgan fingerprint density at radius 3 is 2.88 bits per heavy atom. The number of amides is 1. The van der Waals surface area contributed by atoms with E-state index in [9.17, 15) is 9.18 Å². The molecule has 4 rings (SSSR count). The molecule has 1 saturated heterocycles. The lowest BCUT2D eigenvalue weighted by atomic mass is 9.99. The fourth-order valence-corrected chi connectivity index (χ4v) is 3.95. The lowest BCUT2D eigenvalue weighted by Gasteiger charge is -2.38. The molecule has 0 unspecified atom stereocenters. The number of carbonyl (C=O) groups is 1. The van der Waals surface area contributed by atoms with Crippen LogP contribution in [-0.4, -0.2) is 24.0 Å². The minimum Gasteiger partial charge on any atom is -0.346 e. The molecule has 0 atom stereocenters. The highest BCUT2D eigenvalue weighted by Crippen LogP contribution is 2.33. The van der Waals surface area contributed by atoms with Crippen molar-refractivity contribution >= 4 is 38.3 Å². The van der Waals surface area contributed by atoms with Crippen LogP contribution in [0, 0.1) is 25.6 Å². The van der Waals surface area contributed by atoms with Gasteiger partial charge in [0.05, 0.1) is 16.1 Å². The van der Waals surface area contributed by atoms with Crippen LogP contribution in [0.1, 0.15) is 11.1 Å². The van der Waals surface area contributed by atoms with Gasteiger partial charge in [0, 0.05) is 18.8 Å². The van der Waals surface area contributed by atoms with Gasteiger partial charge in [-0.15, -0.1) is 0 Å². The number of halogens is 1. The van der Waals surface area contributed by atoms with Gasteiger partial charge < -0.3 is 10.2 Å². The van der Waals surface area contributed by atoms with E-state index in [-0.39, 0.29) is 17.6 Å². The van der Waals surface area contributed by atoms with Crippen LogP contribution in [0.2, 0.25) is 0 Å². The number of nitrogens with one attached hydrogen (secondary N) is 1. The molecule has 128 valence electrons. The van der Waals surface area contributed by atoms with Gasteiger partial charge in [-0.25, -0.2) is 9.37 Å². The van der Waals surface area contributed by atoms with Crippen LogP contribution in [-0.2, 0) is 4.79 Å². The Labute approximate surface area is 149 Å². The lowest BCUT2D eigenvalue weighted by Crippen LogP contribution is -2.52. The van der Waals surface area contributed by atoms with Crippen molar-refractivity contribution < 1.29 is 9.18 Å². The van der Waals surface area contributed by atoms with Crippen LogP contribution in [0.15, 0.2) is 36.4 Å². The summed E-state index contributed by atoms with van der Waals surface area (Å²) >= 11 is 1.46. The third-order valence-corrected chi connectivity index (χ3v) is 5.80. The predicted molar refractivity (Wildman–Crippen MR) is 99.8 cm³/mol. The molecule has 6 heteroatoms. The molecule has 0 saturated carbocycles. The molecule has 1 aliphatic rings. The highest BCUT2D eigenvalue weighted by molar-refractivity contribution is 7.22. The molecule has 1 aromatic heterocycles. The SMILES string of the molecule is Cc1cccc(NC(=O)C2CN(c3nc4ccc(F)cc4s3)C2)c1C. The molecule has 25 heavy (non-hydrogen) atoms. The van der Waals surface area contributed by atoms with Crippen LogP contribution >= 0.6 is 11.3 Å². The maximum Gasteiger partial charge on any atom is 0.231 e. The van der Waals surface area contributed by atoms with Crippen molar-refractivity contribution in [2.45, 2.75) is 13.8 Å². The molecule has 2 aromatic carbocycles. The van der Waals surface area contributed by atoms with Crippen molar-refractivity contribution in [3.63, 3.8) is 0 Å². The second-order valence-corrected chi connectivity index (χ2v) is 7.46. The van der Waals surface area contributed by atoms with Crippen LogP contribution in [0.4, 0.5) is 15.2 Å². The number of fused-ring (bicyclic) bond motifs is 1. The van der Waals surface area contributed by atoms with Crippen LogP contribution in [0.3, 0.4) is 0 Å². The van der Waals surface area contributed by atoms with Crippen molar-refractivity contribution in [3.05, 3.63) is 53.3 Å². The second kappa shape index (κ2) is 6.11.